The second-order valence-electron chi connectivity index (χ2n) is 11.0. The number of carboxylic acids is 1. The Kier molecular flexibility index (Phi) is 16.0. The number of nitro benzene ring substituents is 1. The maximum absolute atomic E-state index is 13.8. The van der Waals surface area contributed by atoms with Crippen LogP contribution < -0.4 is 15.2 Å². The van der Waals surface area contributed by atoms with Gasteiger partial charge in [-0.25, -0.2) is 4.57 Å². The molecule has 47 heavy (non-hydrogen) atoms. The largest absolute Gasteiger partial charge is 0.524 e. The number of nitrogens with zero attached hydrogens (tertiary/aromatic N) is 2. The SMILES string of the molecule is CCCCCN(CCCCC)C(=O)[C@H](CCC(=O)O)NC(=O)[C@H](Cc1ccc(OP(=O)(O)O)cc1)NC(=O)c1ccc([N+](=O)[O-])cc1. The zero-order chi connectivity index (χ0) is 35.0. The number of phosphoric acid groups is 1. The van der Waals surface area contributed by atoms with E-state index in [9.17, 15) is 39.0 Å². The van der Waals surface area contributed by atoms with Crippen LogP contribution in [-0.4, -0.2) is 73.6 Å². The van der Waals surface area contributed by atoms with E-state index in [2.05, 4.69) is 15.2 Å². The number of hydrogen-bond donors (Lipinski definition) is 5. The number of carbonyl (C=O) groups excluding carboxylic acids is 3. The van der Waals surface area contributed by atoms with Gasteiger partial charge in [0, 0.05) is 43.6 Å². The summed E-state index contributed by atoms with van der Waals surface area (Å²) >= 11 is 0. The lowest BCUT2D eigenvalue weighted by Crippen LogP contribution is -2.55. The van der Waals surface area contributed by atoms with Crippen LogP contribution in [0.4, 0.5) is 5.69 Å². The number of hydrogen-bond acceptors (Lipinski definition) is 8. The number of non-ortho nitro benzene ring substituents is 1. The average molecular weight is 679 g/mol. The molecule has 2 aromatic rings. The Balaban J connectivity index is 2.38. The first kappa shape index (κ1) is 38.9. The quantitative estimate of drug-likeness (QED) is 0.0549. The predicted molar refractivity (Wildman–Crippen MR) is 172 cm³/mol. The summed E-state index contributed by atoms with van der Waals surface area (Å²) in [5, 5.41) is 25.6. The molecule has 2 atom stereocenters. The predicted octanol–water partition coefficient (Wildman–Crippen LogP) is 3.97. The molecule has 16 heteroatoms. The van der Waals surface area contributed by atoms with E-state index in [1.807, 2.05) is 13.8 Å². The highest BCUT2D eigenvalue weighted by Gasteiger charge is 2.30. The topological polar surface area (TPSA) is 226 Å². The maximum Gasteiger partial charge on any atom is 0.524 e. The van der Waals surface area contributed by atoms with Gasteiger partial charge in [0.2, 0.25) is 11.8 Å². The molecule has 0 saturated carbocycles. The molecule has 3 amide bonds. The normalized spacial score (nSPS) is 12.4. The fourth-order valence-corrected chi connectivity index (χ4v) is 5.10. The fraction of sp³-hybridized carbons (Fsp3) is 0.484. The molecule has 0 aromatic heterocycles. The number of amides is 3. The number of carboxylic acid groups (broad SMARTS) is 1. The van der Waals surface area contributed by atoms with E-state index >= 15 is 0 Å². The van der Waals surface area contributed by atoms with Crippen LogP contribution in [0.1, 0.15) is 81.1 Å². The van der Waals surface area contributed by atoms with E-state index in [0.29, 0.717) is 18.7 Å². The van der Waals surface area contributed by atoms with Crippen molar-refractivity contribution in [2.75, 3.05) is 13.1 Å². The smallest absolute Gasteiger partial charge is 0.481 e. The molecular formula is C31H43N4O11P. The third-order valence-corrected chi connectivity index (χ3v) is 7.63. The van der Waals surface area contributed by atoms with Crippen molar-refractivity contribution < 1.29 is 48.1 Å². The van der Waals surface area contributed by atoms with Gasteiger partial charge in [-0.05, 0) is 49.1 Å². The standard InChI is InChI=1S/C31H43N4O11P/c1-3-5-7-19-34(20-8-6-4-2)31(40)26(17-18-28(36)37)32-30(39)27(21-22-9-15-25(16-10-22)46-47(43,44)45)33-29(38)23-11-13-24(14-12-23)35(41)42/h9-16,26-27H,3-8,17-21H2,1-2H3,(H,32,39)(H,33,38)(H,36,37)(H2,43,44,45)/t26-,27-/m0/s1. The van der Waals surface area contributed by atoms with Crippen molar-refractivity contribution in [2.45, 2.75) is 83.7 Å². The van der Waals surface area contributed by atoms with E-state index in [1.54, 1.807) is 4.90 Å². The number of unbranched alkanes of at least 4 members (excludes halogenated alkanes) is 4. The Morgan fingerprint density at radius 1 is 0.894 bits per heavy atom. The Hall–Kier alpha value is -4.33. The van der Waals surface area contributed by atoms with E-state index in [4.69, 9.17) is 9.79 Å². The Labute approximate surface area is 273 Å². The van der Waals surface area contributed by atoms with Gasteiger partial charge in [-0.2, -0.15) is 0 Å². The van der Waals surface area contributed by atoms with E-state index in [-0.39, 0.29) is 29.8 Å². The van der Waals surface area contributed by atoms with E-state index in [0.717, 1.165) is 50.7 Å². The summed E-state index contributed by atoms with van der Waals surface area (Å²) in [4.78, 5) is 82.3. The molecule has 0 aliphatic rings. The number of aliphatic carboxylic acids is 1. The molecule has 2 aromatic carbocycles. The van der Waals surface area contributed by atoms with Crippen molar-refractivity contribution >= 4 is 37.2 Å². The van der Waals surface area contributed by atoms with E-state index < -0.39 is 54.9 Å². The highest BCUT2D eigenvalue weighted by Crippen LogP contribution is 2.37. The molecule has 0 heterocycles. The summed E-state index contributed by atoms with van der Waals surface area (Å²) < 4.78 is 15.7. The van der Waals surface area contributed by atoms with Gasteiger partial charge < -0.3 is 25.2 Å². The third-order valence-electron chi connectivity index (χ3n) is 7.19. The zero-order valence-corrected chi connectivity index (χ0v) is 27.4. The molecule has 0 bridgehead atoms. The molecule has 5 N–H and O–H groups in total. The number of benzene rings is 2. The Morgan fingerprint density at radius 2 is 1.47 bits per heavy atom. The van der Waals surface area contributed by atoms with Crippen molar-refractivity contribution in [1.29, 1.82) is 0 Å². The molecule has 2 rings (SSSR count). The van der Waals surface area contributed by atoms with Crippen LogP contribution in [0.2, 0.25) is 0 Å². The van der Waals surface area contributed by atoms with Gasteiger partial charge in [0.05, 0.1) is 4.92 Å². The van der Waals surface area contributed by atoms with Gasteiger partial charge in [-0.1, -0.05) is 51.7 Å². The maximum atomic E-state index is 13.8. The fourth-order valence-electron chi connectivity index (χ4n) is 4.70. The summed E-state index contributed by atoms with van der Waals surface area (Å²) in [6, 6.07) is 7.61. The Morgan fingerprint density at radius 3 is 1.96 bits per heavy atom. The molecule has 0 radical (unpaired) electrons. The van der Waals surface area contributed by atoms with Crippen molar-refractivity contribution in [2.24, 2.45) is 0 Å². The lowest BCUT2D eigenvalue weighted by Gasteiger charge is -2.29. The van der Waals surface area contributed by atoms with Crippen LogP contribution in [-0.2, 0) is 25.4 Å². The Bertz CT molecular complexity index is 1390. The summed E-state index contributed by atoms with van der Waals surface area (Å²) in [7, 11) is -4.82. The van der Waals surface area contributed by atoms with Gasteiger partial charge in [0.1, 0.15) is 17.8 Å². The molecule has 0 saturated heterocycles. The lowest BCUT2D eigenvalue weighted by atomic mass is 10.0. The molecule has 0 aliphatic carbocycles. The first-order valence-corrected chi connectivity index (χ1v) is 17.0. The zero-order valence-electron chi connectivity index (χ0n) is 26.5. The van der Waals surface area contributed by atoms with Crippen LogP contribution in [0.25, 0.3) is 0 Å². The summed E-state index contributed by atoms with van der Waals surface area (Å²) in [6.07, 6.45) is 4.39. The average Bonchev–Trinajstić information content (AvgIpc) is 3.01. The van der Waals surface area contributed by atoms with Gasteiger partial charge in [0.25, 0.3) is 11.6 Å². The van der Waals surface area contributed by atoms with Crippen molar-refractivity contribution in [1.82, 2.24) is 15.5 Å². The molecule has 15 nitrogen and oxygen atoms in total. The summed E-state index contributed by atoms with van der Waals surface area (Å²) in [5.41, 5.74) is 0.229. The van der Waals surface area contributed by atoms with Crippen molar-refractivity contribution in [3.05, 3.63) is 69.8 Å². The second kappa shape index (κ2) is 19.4. The minimum atomic E-state index is -4.82. The molecular weight excluding hydrogens is 635 g/mol. The van der Waals surface area contributed by atoms with Crippen LogP contribution in [0.3, 0.4) is 0 Å². The third kappa shape index (κ3) is 14.3. The number of carbonyl (C=O) groups is 4. The van der Waals surface area contributed by atoms with Gasteiger partial charge in [0.15, 0.2) is 0 Å². The van der Waals surface area contributed by atoms with Crippen LogP contribution in [0, 0.1) is 10.1 Å². The van der Waals surface area contributed by atoms with Crippen LogP contribution in [0.15, 0.2) is 48.5 Å². The summed E-state index contributed by atoms with van der Waals surface area (Å²) in [6.45, 7) is 4.95. The number of nitro groups is 1. The first-order valence-electron chi connectivity index (χ1n) is 15.4. The van der Waals surface area contributed by atoms with Crippen molar-refractivity contribution in [3.8, 4) is 5.75 Å². The highest BCUT2D eigenvalue weighted by molar-refractivity contribution is 7.46. The van der Waals surface area contributed by atoms with Crippen LogP contribution in [0.5, 0.6) is 5.75 Å². The molecule has 0 spiro atoms. The van der Waals surface area contributed by atoms with Gasteiger partial charge in [-0.15, -0.1) is 0 Å². The van der Waals surface area contributed by atoms with Crippen LogP contribution >= 0.6 is 7.82 Å². The minimum absolute atomic E-state index is 0.0234. The molecule has 258 valence electrons. The van der Waals surface area contributed by atoms with Gasteiger partial charge >= 0.3 is 13.8 Å². The minimum Gasteiger partial charge on any atom is -0.481 e. The summed E-state index contributed by atoms with van der Waals surface area (Å²) in [5.74, 6) is -3.23. The van der Waals surface area contributed by atoms with E-state index in [1.165, 1.54) is 36.4 Å². The number of rotatable bonds is 21. The number of nitrogens with one attached hydrogen (secondary N) is 2. The highest BCUT2D eigenvalue weighted by atomic mass is 31.2. The second-order valence-corrected chi connectivity index (χ2v) is 12.2. The first-order chi connectivity index (χ1) is 22.2. The molecule has 0 aliphatic heterocycles. The van der Waals surface area contributed by atoms with Gasteiger partial charge in [-0.3, -0.25) is 39.1 Å². The molecule has 0 unspecified atom stereocenters. The monoisotopic (exact) mass is 678 g/mol. The number of phosphoric ester groups is 1. The van der Waals surface area contributed by atoms with Crippen molar-refractivity contribution in [3.63, 3.8) is 0 Å². The lowest BCUT2D eigenvalue weighted by molar-refractivity contribution is -0.384. The molecule has 0 fully saturated rings.